The fourth-order valence-electron chi connectivity index (χ4n) is 1.64. The highest BCUT2D eigenvalue weighted by Crippen LogP contribution is 2.25. The van der Waals surface area contributed by atoms with Crippen LogP contribution >= 0.6 is 27.5 Å². The molecule has 0 aliphatic rings. The molecule has 0 heterocycles. The SMILES string of the molecule is Cc1ccc(NC(=O)c2cc(Cl)ccc2N)c(Br)c1. The Labute approximate surface area is 124 Å². The topological polar surface area (TPSA) is 55.1 Å². The molecular weight excluding hydrogens is 328 g/mol. The van der Waals surface area contributed by atoms with E-state index in [0.717, 1.165) is 10.0 Å². The molecule has 2 rings (SSSR count). The summed E-state index contributed by atoms with van der Waals surface area (Å²) in [5, 5.41) is 3.27. The fourth-order valence-corrected chi connectivity index (χ4v) is 2.40. The van der Waals surface area contributed by atoms with Gasteiger partial charge in [-0.25, -0.2) is 0 Å². The first kappa shape index (κ1) is 13.9. The van der Waals surface area contributed by atoms with Gasteiger partial charge in [0, 0.05) is 15.2 Å². The molecule has 1 amide bonds. The van der Waals surface area contributed by atoms with Gasteiger partial charge in [0.1, 0.15) is 0 Å². The van der Waals surface area contributed by atoms with Crippen LogP contribution in [0.5, 0.6) is 0 Å². The Morgan fingerprint density at radius 2 is 2.00 bits per heavy atom. The third kappa shape index (κ3) is 3.28. The van der Waals surface area contributed by atoms with Crippen LogP contribution in [0.4, 0.5) is 11.4 Å². The number of nitrogens with two attached hydrogens (primary N) is 1. The summed E-state index contributed by atoms with van der Waals surface area (Å²) in [6, 6.07) is 10.5. The van der Waals surface area contributed by atoms with Crippen molar-refractivity contribution in [2.45, 2.75) is 6.92 Å². The number of anilines is 2. The monoisotopic (exact) mass is 338 g/mol. The number of nitrogen functional groups attached to an aromatic ring is 1. The van der Waals surface area contributed by atoms with Crippen molar-refractivity contribution in [2.24, 2.45) is 0 Å². The number of carbonyl (C=O) groups excluding carboxylic acids is 1. The Kier molecular flexibility index (Phi) is 4.12. The van der Waals surface area contributed by atoms with Gasteiger partial charge in [-0.05, 0) is 58.7 Å². The second-order valence-electron chi connectivity index (χ2n) is 4.17. The lowest BCUT2D eigenvalue weighted by molar-refractivity contribution is 0.102. The molecule has 3 N–H and O–H groups in total. The summed E-state index contributed by atoms with van der Waals surface area (Å²) >= 11 is 9.28. The summed E-state index contributed by atoms with van der Waals surface area (Å²) < 4.78 is 0.821. The number of halogens is 2. The quantitative estimate of drug-likeness (QED) is 0.804. The van der Waals surface area contributed by atoms with Crippen LogP contribution in [0.25, 0.3) is 0 Å². The van der Waals surface area contributed by atoms with Gasteiger partial charge in [0.05, 0.1) is 11.3 Å². The average Bonchev–Trinajstić information content (AvgIpc) is 2.35. The summed E-state index contributed by atoms with van der Waals surface area (Å²) in [6.07, 6.45) is 0. The molecule has 0 spiro atoms. The van der Waals surface area contributed by atoms with Gasteiger partial charge in [-0.3, -0.25) is 4.79 Å². The van der Waals surface area contributed by atoms with E-state index in [1.165, 1.54) is 0 Å². The van der Waals surface area contributed by atoms with E-state index in [1.54, 1.807) is 18.2 Å². The lowest BCUT2D eigenvalue weighted by Crippen LogP contribution is -2.14. The Bertz CT molecular complexity index is 643. The smallest absolute Gasteiger partial charge is 0.257 e. The first-order valence-electron chi connectivity index (χ1n) is 5.60. The first-order valence-corrected chi connectivity index (χ1v) is 6.77. The molecule has 0 atom stereocenters. The summed E-state index contributed by atoms with van der Waals surface area (Å²) in [5.74, 6) is -0.287. The molecular formula is C14H12BrClN2O. The zero-order valence-corrected chi connectivity index (χ0v) is 12.5. The number of hydrogen-bond acceptors (Lipinski definition) is 2. The molecule has 98 valence electrons. The molecule has 0 aliphatic heterocycles. The maximum Gasteiger partial charge on any atom is 0.257 e. The van der Waals surface area contributed by atoms with Crippen molar-refractivity contribution in [1.82, 2.24) is 0 Å². The van der Waals surface area contributed by atoms with Gasteiger partial charge < -0.3 is 11.1 Å². The van der Waals surface area contributed by atoms with Crippen molar-refractivity contribution in [1.29, 1.82) is 0 Å². The van der Waals surface area contributed by atoms with Crippen molar-refractivity contribution in [3.63, 3.8) is 0 Å². The van der Waals surface area contributed by atoms with Gasteiger partial charge in [-0.15, -0.1) is 0 Å². The Morgan fingerprint density at radius 1 is 1.26 bits per heavy atom. The molecule has 0 aromatic heterocycles. The van der Waals surface area contributed by atoms with Gasteiger partial charge in [0.25, 0.3) is 5.91 Å². The Hall–Kier alpha value is -1.52. The standard InChI is InChI=1S/C14H12BrClN2O/c1-8-2-5-13(11(15)6-8)18-14(19)10-7-9(16)3-4-12(10)17/h2-7H,17H2,1H3,(H,18,19). The summed E-state index contributed by atoms with van der Waals surface area (Å²) in [7, 11) is 0. The van der Waals surface area contributed by atoms with Crippen LogP contribution in [0.1, 0.15) is 15.9 Å². The second kappa shape index (κ2) is 5.63. The number of hydrogen-bond donors (Lipinski definition) is 2. The van der Waals surface area contributed by atoms with E-state index >= 15 is 0 Å². The van der Waals surface area contributed by atoms with E-state index in [4.69, 9.17) is 17.3 Å². The molecule has 2 aromatic carbocycles. The van der Waals surface area contributed by atoms with Crippen LogP contribution in [0, 0.1) is 6.92 Å². The van der Waals surface area contributed by atoms with Crippen LogP contribution < -0.4 is 11.1 Å². The van der Waals surface area contributed by atoms with E-state index in [2.05, 4.69) is 21.2 Å². The maximum absolute atomic E-state index is 12.2. The van der Waals surface area contributed by atoms with Crippen molar-refractivity contribution in [3.05, 3.63) is 57.0 Å². The highest BCUT2D eigenvalue weighted by atomic mass is 79.9. The van der Waals surface area contributed by atoms with E-state index in [-0.39, 0.29) is 5.91 Å². The number of carbonyl (C=O) groups is 1. The van der Waals surface area contributed by atoms with Gasteiger partial charge in [-0.2, -0.15) is 0 Å². The molecule has 5 heteroatoms. The lowest BCUT2D eigenvalue weighted by atomic mass is 10.1. The van der Waals surface area contributed by atoms with Crippen LogP contribution in [0.2, 0.25) is 5.02 Å². The number of rotatable bonds is 2. The molecule has 0 aliphatic carbocycles. The second-order valence-corrected chi connectivity index (χ2v) is 5.46. The molecule has 0 saturated carbocycles. The molecule has 19 heavy (non-hydrogen) atoms. The van der Waals surface area contributed by atoms with Crippen molar-refractivity contribution < 1.29 is 4.79 Å². The highest BCUT2D eigenvalue weighted by Gasteiger charge is 2.12. The molecule has 2 aromatic rings. The highest BCUT2D eigenvalue weighted by molar-refractivity contribution is 9.10. The zero-order valence-electron chi connectivity index (χ0n) is 10.2. The number of benzene rings is 2. The number of nitrogens with one attached hydrogen (secondary N) is 1. The number of amides is 1. The zero-order chi connectivity index (χ0) is 14.0. The van der Waals surface area contributed by atoms with Crippen molar-refractivity contribution in [2.75, 3.05) is 11.1 Å². The Morgan fingerprint density at radius 3 is 2.68 bits per heavy atom. The number of aryl methyl sites for hydroxylation is 1. The predicted octanol–water partition coefficient (Wildman–Crippen LogP) is 4.25. The largest absolute Gasteiger partial charge is 0.398 e. The van der Waals surface area contributed by atoms with Crippen LogP contribution in [-0.2, 0) is 0 Å². The third-order valence-corrected chi connectivity index (χ3v) is 3.52. The van der Waals surface area contributed by atoms with Gasteiger partial charge in [0.15, 0.2) is 0 Å². The Balaban J connectivity index is 2.28. The van der Waals surface area contributed by atoms with Crippen LogP contribution in [-0.4, -0.2) is 5.91 Å². The maximum atomic E-state index is 12.2. The molecule has 0 bridgehead atoms. The minimum absolute atomic E-state index is 0.287. The van der Waals surface area contributed by atoms with E-state index in [9.17, 15) is 4.79 Å². The van der Waals surface area contributed by atoms with Gasteiger partial charge in [-0.1, -0.05) is 17.7 Å². The van der Waals surface area contributed by atoms with Crippen LogP contribution in [0.3, 0.4) is 0 Å². The molecule has 0 unspecified atom stereocenters. The van der Waals surface area contributed by atoms with E-state index in [1.807, 2.05) is 25.1 Å². The molecule has 0 saturated heterocycles. The van der Waals surface area contributed by atoms with E-state index < -0.39 is 0 Å². The van der Waals surface area contributed by atoms with E-state index in [0.29, 0.717) is 22.0 Å². The normalized spacial score (nSPS) is 10.3. The van der Waals surface area contributed by atoms with Crippen LogP contribution in [0.15, 0.2) is 40.9 Å². The van der Waals surface area contributed by atoms with Crippen molar-refractivity contribution in [3.8, 4) is 0 Å². The minimum Gasteiger partial charge on any atom is -0.398 e. The molecule has 0 radical (unpaired) electrons. The summed E-state index contributed by atoms with van der Waals surface area (Å²) in [4.78, 5) is 12.2. The summed E-state index contributed by atoms with van der Waals surface area (Å²) in [5.41, 5.74) is 8.32. The minimum atomic E-state index is -0.287. The fraction of sp³-hybridized carbons (Fsp3) is 0.0714. The first-order chi connectivity index (χ1) is 8.97. The average molecular weight is 340 g/mol. The third-order valence-electron chi connectivity index (χ3n) is 2.63. The van der Waals surface area contributed by atoms with Gasteiger partial charge in [0.2, 0.25) is 0 Å². The molecule has 0 fully saturated rings. The van der Waals surface area contributed by atoms with Crippen molar-refractivity contribution >= 4 is 44.8 Å². The summed E-state index contributed by atoms with van der Waals surface area (Å²) in [6.45, 7) is 1.98. The predicted molar refractivity (Wildman–Crippen MR) is 82.7 cm³/mol. The lowest BCUT2D eigenvalue weighted by Gasteiger charge is -2.10. The van der Waals surface area contributed by atoms with Gasteiger partial charge >= 0.3 is 0 Å². The molecule has 3 nitrogen and oxygen atoms in total.